The van der Waals surface area contributed by atoms with Crippen LogP contribution in [0, 0.1) is 13.8 Å². The summed E-state index contributed by atoms with van der Waals surface area (Å²) in [6.45, 7) is 9.60. The lowest BCUT2D eigenvalue weighted by molar-refractivity contribution is -0.153. The maximum atomic E-state index is 11.7. The Morgan fingerprint density at radius 3 is 2.30 bits per heavy atom. The first-order valence-electron chi connectivity index (χ1n) is 7.53. The van der Waals surface area contributed by atoms with Gasteiger partial charge in [-0.2, -0.15) is 0 Å². The third-order valence-electron chi connectivity index (χ3n) is 3.44. The largest absolute Gasteiger partial charge is 0.478 e. The smallest absolute Gasteiger partial charge is 0.336 e. The van der Waals surface area contributed by atoms with Gasteiger partial charge in [-0.05, 0) is 57.4 Å². The molecule has 0 atom stereocenters. The van der Waals surface area contributed by atoms with Gasteiger partial charge in [0.15, 0.2) is 0 Å². The third-order valence-corrected chi connectivity index (χ3v) is 3.44. The Labute approximate surface area is 137 Å². The van der Waals surface area contributed by atoms with Gasteiger partial charge >= 0.3 is 11.9 Å². The number of ether oxygens (including phenoxy) is 1. The molecule has 1 rings (SSSR count). The molecule has 6 heteroatoms. The predicted molar refractivity (Wildman–Crippen MR) is 90.0 cm³/mol. The first kappa shape index (κ1) is 19.0. The molecule has 0 aliphatic carbocycles. The zero-order chi connectivity index (χ0) is 17.8. The summed E-state index contributed by atoms with van der Waals surface area (Å²) in [6.07, 6.45) is 0. The molecule has 0 saturated heterocycles. The maximum absolute atomic E-state index is 11.7. The van der Waals surface area contributed by atoms with E-state index < -0.39 is 11.6 Å². The Morgan fingerprint density at radius 2 is 1.83 bits per heavy atom. The Morgan fingerprint density at radius 1 is 1.22 bits per heavy atom. The van der Waals surface area contributed by atoms with Gasteiger partial charge in [0.05, 0.1) is 12.1 Å². The van der Waals surface area contributed by atoms with Crippen LogP contribution in [0.25, 0.3) is 0 Å². The van der Waals surface area contributed by atoms with Crippen molar-refractivity contribution in [2.24, 2.45) is 0 Å². The summed E-state index contributed by atoms with van der Waals surface area (Å²) in [6, 6.07) is 1.65. The van der Waals surface area contributed by atoms with Crippen molar-refractivity contribution in [2.45, 2.75) is 46.8 Å². The van der Waals surface area contributed by atoms with Crippen molar-refractivity contribution in [1.82, 2.24) is 5.32 Å². The molecule has 0 unspecified atom stereocenters. The molecule has 6 nitrogen and oxygen atoms in total. The van der Waals surface area contributed by atoms with Crippen LogP contribution in [0.3, 0.4) is 0 Å². The number of hydrogen-bond acceptors (Lipinski definition) is 5. The maximum Gasteiger partial charge on any atom is 0.336 e. The van der Waals surface area contributed by atoms with Crippen molar-refractivity contribution in [1.29, 1.82) is 0 Å². The monoisotopic (exact) mass is 322 g/mol. The van der Waals surface area contributed by atoms with Gasteiger partial charge in [0.2, 0.25) is 0 Å². The van der Waals surface area contributed by atoms with Gasteiger partial charge < -0.3 is 20.5 Å². The second-order valence-electron chi connectivity index (χ2n) is 6.45. The average Bonchev–Trinajstić information content (AvgIpc) is 2.39. The summed E-state index contributed by atoms with van der Waals surface area (Å²) in [5, 5.41) is 15.4. The van der Waals surface area contributed by atoms with E-state index in [1.807, 2.05) is 27.7 Å². The zero-order valence-electron chi connectivity index (χ0n) is 14.7. The van der Waals surface area contributed by atoms with Gasteiger partial charge in [0, 0.05) is 19.3 Å². The molecule has 1 aromatic carbocycles. The van der Waals surface area contributed by atoms with Gasteiger partial charge in [0.25, 0.3) is 0 Å². The molecule has 0 amide bonds. The van der Waals surface area contributed by atoms with E-state index in [0.717, 1.165) is 16.8 Å². The minimum Gasteiger partial charge on any atom is -0.478 e. The van der Waals surface area contributed by atoms with Crippen LogP contribution in [-0.2, 0) is 16.1 Å². The van der Waals surface area contributed by atoms with Gasteiger partial charge in [-0.25, -0.2) is 4.79 Å². The average molecular weight is 322 g/mol. The molecule has 0 heterocycles. The topological polar surface area (TPSA) is 87.7 Å². The summed E-state index contributed by atoms with van der Waals surface area (Å²) in [5.74, 6) is -1.30. The number of carboxylic acids is 1. The van der Waals surface area contributed by atoms with E-state index in [1.54, 1.807) is 20.0 Å². The fraction of sp³-hybridized carbons (Fsp3) is 0.529. The number of esters is 1. The summed E-state index contributed by atoms with van der Waals surface area (Å²) in [5.41, 5.74) is 3.04. The molecule has 0 spiro atoms. The van der Waals surface area contributed by atoms with Gasteiger partial charge in [0.1, 0.15) is 5.60 Å². The van der Waals surface area contributed by atoms with Crippen molar-refractivity contribution < 1.29 is 19.4 Å². The van der Waals surface area contributed by atoms with E-state index in [2.05, 4.69) is 10.6 Å². The third kappa shape index (κ3) is 5.25. The molecule has 0 radical (unpaired) electrons. The highest BCUT2D eigenvalue weighted by Crippen LogP contribution is 2.27. The van der Waals surface area contributed by atoms with Gasteiger partial charge in [-0.15, -0.1) is 0 Å². The van der Waals surface area contributed by atoms with E-state index in [4.69, 9.17) is 4.74 Å². The molecular weight excluding hydrogens is 296 g/mol. The molecule has 23 heavy (non-hydrogen) atoms. The lowest BCUT2D eigenvalue weighted by atomic mass is 9.97. The summed E-state index contributed by atoms with van der Waals surface area (Å²) in [4.78, 5) is 23.1. The first-order valence-corrected chi connectivity index (χ1v) is 7.53. The highest BCUT2D eigenvalue weighted by molar-refractivity contribution is 5.92. The van der Waals surface area contributed by atoms with E-state index in [9.17, 15) is 14.7 Å². The molecule has 0 aliphatic rings. The number of rotatable bonds is 6. The predicted octanol–water partition coefficient (Wildman–Crippen LogP) is 2.47. The number of carboxylic acid groups (broad SMARTS) is 1. The zero-order valence-corrected chi connectivity index (χ0v) is 14.7. The lowest BCUT2D eigenvalue weighted by Crippen LogP contribution is -2.31. The number of carbonyl (C=O) groups is 2. The van der Waals surface area contributed by atoms with Crippen LogP contribution >= 0.6 is 0 Å². The fourth-order valence-corrected chi connectivity index (χ4v) is 2.42. The Hall–Kier alpha value is -2.08. The quantitative estimate of drug-likeness (QED) is 0.697. The van der Waals surface area contributed by atoms with E-state index in [1.165, 1.54) is 0 Å². The number of hydrogen-bond donors (Lipinski definition) is 3. The molecule has 1 aromatic rings. The SMILES string of the molecule is CNc1c(C)c(CNCC(=O)OC(C)(C)C)cc(C(=O)O)c1C. The number of carbonyl (C=O) groups excluding carboxylic acids is 1. The summed E-state index contributed by atoms with van der Waals surface area (Å²) < 4.78 is 5.22. The fourth-order valence-electron chi connectivity index (χ4n) is 2.42. The molecule has 0 aromatic heterocycles. The Bertz CT molecular complexity index is 604. The highest BCUT2D eigenvalue weighted by atomic mass is 16.6. The van der Waals surface area contributed by atoms with Crippen molar-refractivity contribution in [3.63, 3.8) is 0 Å². The van der Waals surface area contributed by atoms with Crippen LogP contribution in [0.2, 0.25) is 0 Å². The number of benzene rings is 1. The second-order valence-corrected chi connectivity index (χ2v) is 6.45. The second kappa shape index (κ2) is 7.46. The summed E-state index contributed by atoms with van der Waals surface area (Å²) >= 11 is 0. The van der Waals surface area contributed by atoms with Gasteiger partial charge in [-0.3, -0.25) is 4.79 Å². The number of aromatic carboxylic acids is 1. The molecule has 128 valence electrons. The first-order chi connectivity index (χ1) is 10.6. The lowest BCUT2D eigenvalue weighted by Gasteiger charge is -2.20. The number of anilines is 1. The molecule has 0 aliphatic heterocycles. The molecule has 0 fully saturated rings. The van der Waals surface area contributed by atoms with Crippen LogP contribution in [-0.4, -0.2) is 36.2 Å². The van der Waals surface area contributed by atoms with Crippen LogP contribution in [0.5, 0.6) is 0 Å². The Kier molecular flexibility index (Phi) is 6.15. The van der Waals surface area contributed by atoms with E-state index in [0.29, 0.717) is 12.1 Å². The van der Waals surface area contributed by atoms with Crippen molar-refractivity contribution in [3.05, 3.63) is 28.3 Å². The number of nitrogens with one attached hydrogen (secondary N) is 2. The van der Waals surface area contributed by atoms with E-state index >= 15 is 0 Å². The van der Waals surface area contributed by atoms with Gasteiger partial charge in [-0.1, -0.05) is 0 Å². The molecule has 0 saturated carbocycles. The molecule has 0 bridgehead atoms. The normalized spacial score (nSPS) is 11.2. The molecule has 3 N–H and O–H groups in total. The van der Waals surface area contributed by atoms with Crippen molar-refractivity contribution >= 4 is 17.6 Å². The Balaban J connectivity index is 2.87. The minimum atomic E-state index is -0.965. The van der Waals surface area contributed by atoms with Crippen LogP contribution in [0.4, 0.5) is 5.69 Å². The molecular formula is C17H26N2O4. The standard InChI is InChI=1S/C17H26N2O4/c1-10-12(8-19-9-14(20)23-17(3,4)5)7-13(16(21)22)11(2)15(10)18-6/h7,18-19H,8-9H2,1-6H3,(H,21,22). The summed E-state index contributed by atoms with van der Waals surface area (Å²) in [7, 11) is 1.76. The highest BCUT2D eigenvalue weighted by Gasteiger charge is 2.18. The minimum absolute atomic E-state index is 0.0713. The van der Waals surface area contributed by atoms with Crippen LogP contribution < -0.4 is 10.6 Å². The van der Waals surface area contributed by atoms with Crippen LogP contribution in [0.1, 0.15) is 47.8 Å². The van der Waals surface area contributed by atoms with Crippen LogP contribution in [0.15, 0.2) is 6.07 Å². The van der Waals surface area contributed by atoms with E-state index in [-0.39, 0.29) is 18.1 Å². The van der Waals surface area contributed by atoms with Crippen molar-refractivity contribution in [3.8, 4) is 0 Å². The van der Waals surface area contributed by atoms with Crippen molar-refractivity contribution in [2.75, 3.05) is 18.9 Å².